The molecule has 3 N–H and O–H groups in total. The molecule has 0 aromatic heterocycles. The fourth-order valence-electron chi connectivity index (χ4n) is 8.10. The number of hydrogen-bond donors (Lipinski definition) is 3. The van der Waals surface area contributed by atoms with E-state index in [4.69, 9.17) is 4.74 Å². The van der Waals surface area contributed by atoms with Crippen LogP contribution in [0.4, 0.5) is 0 Å². The Balaban J connectivity index is 3.54. The van der Waals surface area contributed by atoms with Crippen molar-refractivity contribution >= 4 is 11.9 Å². The zero-order valence-electron chi connectivity index (χ0n) is 40.2. The van der Waals surface area contributed by atoms with Crippen LogP contribution in [0.5, 0.6) is 0 Å². The summed E-state index contributed by atoms with van der Waals surface area (Å²) in [5.74, 6) is -0.111. The molecule has 0 saturated carbocycles. The number of carbonyl (C=O) groups is 2. The molecule has 0 aliphatic heterocycles. The predicted octanol–water partition coefficient (Wildman–Crippen LogP) is 15.9. The van der Waals surface area contributed by atoms with Gasteiger partial charge in [-0.25, -0.2) is 0 Å². The van der Waals surface area contributed by atoms with Crippen molar-refractivity contribution in [3.8, 4) is 0 Å². The molecule has 0 heterocycles. The van der Waals surface area contributed by atoms with Crippen LogP contribution in [0.3, 0.4) is 0 Å². The number of amides is 1. The summed E-state index contributed by atoms with van der Waals surface area (Å²) in [7, 11) is 0. The maximum atomic E-state index is 12.4. The summed E-state index contributed by atoms with van der Waals surface area (Å²) in [6.07, 6.45) is 59.0. The van der Waals surface area contributed by atoms with Gasteiger partial charge in [0.1, 0.15) is 0 Å². The highest BCUT2D eigenvalue weighted by molar-refractivity contribution is 5.76. The first-order valence-corrected chi connectivity index (χ1v) is 26.6. The van der Waals surface area contributed by atoms with Gasteiger partial charge in [-0.05, 0) is 57.8 Å². The van der Waals surface area contributed by atoms with Gasteiger partial charge in [-0.2, -0.15) is 0 Å². The highest BCUT2D eigenvalue weighted by Gasteiger charge is 2.18. The highest BCUT2D eigenvalue weighted by Crippen LogP contribution is 2.16. The number of ether oxygens (including phenoxy) is 1. The molecule has 0 saturated heterocycles. The van der Waals surface area contributed by atoms with Gasteiger partial charge in [-0.3, -0.25) is 9.59 Å². The Kier molecular flexibility index (Phi) is 48.6. The molecule has 6 nitrogen and oxygen atoms in total. The number of rotatable bonds is 49. The fraction of sp³-hybridized carbons (Fsp3) is 0.889. The molecule has 2 atom stereocenters. The summed E-state index contributed by atoms with van der Waals surface area (Å²) in [5.41, 5.74) is 0. The van der Waals surface area contributed by atoms with Gasteiger partial charge in [0.15, 0.2) is 0 Å². The number of esters is 1. The molecule has 0 rings (SSSR count). The third kappa shape index (κ3) is 45.9. The minimum atomic E-state index is -0.861. The van der Waals surface area contributed by atoms with Crippen LogP contribution in [0, 0.1) is 0 Å². The third-order valence-corrected chi connectivity index (χ3v) is 12.2. The topological polar surface area (TPSA) is 95.9 Å². The smallest absolute Gasteiger partial charge is 0.305 e. The van der Waals surface area contributed by atoms with Gasteiger partial charge in [0.05, 0.1) is 25.4 Å². The largest absolute Gasteiger partial charge is 0.466 e. The molecule has 0 radical (unpaired) electrons. The Labute approximate surface area is 373 Å². The standard InChI is InChI=1S/C54H103NO5/c1-3-5-7-9-11-13-15-16-17-18-19-20-21-23-27-30-34-38-42-46-52(57)51(50-56)55-53(58)47-43-39-35-31-28-24-22-25-29-33-37-41-45-49-60-54(59)48-44-40-36-32-26-14-12-10-8-6-4-2/h24,28,42,46,51-52,56-57H,3-23,25-27,29-41,43-45,47-50H2,1-2H3,(H,55,58)/b28-24-,46-42+. The summed E-state index contributed by atoms with van der Waals surface area (Å²) in [4.78, 5) is 24.4. The summed E-state index contributed by atoms with van der Waals surface area (Å²) >= 11 is 0. The molecule has 60 heavy (non-hydrogen) atoms. The van der Waals surface area contributed by atoms with E-state index in [0.29, 0.717) is 19.4 Å². The van der Waals surface area contributed by atoms with E-state index in [-0.39, 0.29) is 18.5 Å². The van der Waals surface area contributed by atoms with E-state index in [9.17, 15) is 19.8 Å². The molecule has 0 aromatic rings. The number of aliphatic hydroxyl groups excluding tert-OH is 2. The van der Waals surface area contributed by atoms with E-state index < -0.39 is 12.1 Å². The molecule has 0 aromatic carbocycles. The summed E-state index contributed by atoms with van der Waals surface area (Å²) < 4.78 is 5.44. The summed E-state index contributed by atoms with van der Waals surface area (Å²) in [5, 5.41) is 23.1. The van der Waals surface area contributed by atoms with Crippen LogP contribution in [0.1, 0.15) is 284 Å². The van der Waals surface area contributed by atoms with Crippen LogP contribution in [0.25, 0.3) is 0 Å². The van der Waals surface area contributed by atoms with E-state index in [1.165, 1.54) is 186 Å². The first kappa shape index (κ1) is 58.3. The second-order valence-electron chi connectivity index (χ2n) is 18.2. The maximum Gasteiger partial charge on any atom is 0.305 e. The summed E-state index contributed by atoms with van der Waals surface area (Å²) in [6, 6.07) is -0.647. The van der Waals surface area contributed by atoms with E-state index in [1.54, 1.807) is 6.08 Å². The second-order valence-corrected chi connectivity index (χ2v) is 18.2. The van der Waals surface area contributed by atoms with Crippen molar-refractivity contribution in [1.29, 1.82) is 0 Å². The van der Waals surface area contributed by atoms with Crippen molar-refractivity contribution in [2.24, 2.45) is 0 Å². The van der Waals surface area contributed by atoms with Crippen molar-refractivity contribution in [2.45, 2.75) is 296 Å². The Morgan fingerprint density at radius 1 is 0.450 bits per heavy atom. The van der Waals surface area contributed by atoms with E-state index in [0.717, 1.165) is 70.6 Å². The van der Waals surface area contributed by atoms with Crippen molar-refractivity contribution in [1.82, 2.24) is 5.32 Å². The summed E-state index contributed by atoms with van der Waals surface area (Å²) in [6.45, 7) is 4.86. The molecule has 1 amide bonds. The first-order valence-electron chi connectivity index (χ1n) is 26.6. The zero-order chi connectivity index (χ0) is 43.7. The van der Waals surface area contributed by atoms with Crippen molar-refractivity contribution in [3.05, 3.63) is 24.3 Å². The molecule has 6 heteroatoms. The fourth-order valence-corrected chi connectivity index (χ4v) is 8.10. The van der Waals surface area contributed by atoms with Crippen LogP contribution in [-0.4, -0.2) is 47.4 Å². The third-order valence-electron chi connectivity index (χ3n) is 12.2. The molecule has 0 spiro atoms. The van der Waals surface area contributed by atoms with Crippen LogP contribution in [0.15, 0.2) is 24.3 Å². The number of nitrogens with one attached hydrogen (secondary N) is 1. The SMILES string of the molecule is CCCCCCCCCCCCCCCCCCC/C=C/C(O)C(CO)NC(=O)CCCCC/C=C\CCCCCCCCOC(=O)CCCCCCCCCCCCC. The lowest BCUT2D eigenvalue weighted by molar-refractivity contribution is -0.143. The van der Waals surface area contributed by atoms with Gasteiger partial charge >= 0.3 is 5.97 Å². The van der Waals surface area contributed by atoms with Crippen molar-refractivity contribution in [3.63, 3.8) is 0 Å². The lowest BCUT2D eigenvalue weighted by Crippen LogP contribution is -2.45. The number of carbonyl (C=O) groups excluding carboxylic acids is 2. The Morgan fingerprint density at radius 3 is 1.20 bits per heavy atom. The van der Waals surface area contributed by atoms with Crippen LogP contribution >= 0.6 is 0 Å². The minimum absolute atomic E-state index is 0.0143. The van der Waals surface area contributed by atoms with Gasteiger partial charge in [-0.15, -0.1) is 0 Å². The molecule has 2 unspecified atom stereocenters. The van der Waals surface area contributed by atoms with Crippen LogP contribution < -0.4 is 5.32 Å². The van der Waals surface area contributed by atoms with Crippen molar-refractivity contribution in [2.75, 3.05) is 13.2 Å². The Bertz CT molecular complexity index is 935. The average molecular weight is 846 g/mol. The molecule has 354 valence electrons. The van der Waals surface area contributed by atoms with E-state index in [1.807, 2.05) is 6.08 Å². The first-order chi connectivity index (χ1) is 29.5. The van der Waals surface area contributed by atoms with E-state index >= 15 is 0 Å². The maximum absolute atomic E-state index is 12.4. The number of unbranched alkanes of at least 4 members (excludes halogenated alkanes) is 36. The zero-order valence-corrected chi connectivity index (χ0v) is 40.2. The normalized spacial score (nSPS) is 12.8. The molecule has 0 aliphatic carbocycles. The molecule has 0 fully saturated rings. The van der Waals surface area contributed by atoms with Crippen LogP contribution in [-0.2, 0) is 14.3 Å². The molecule has 0 aliphatic rings. The minimum Gasteiger partial charge on any atom is -0.466 e. The predicted molar refractivity (Wildman–Crippen MR) is 260 cm³/mol. The molecular formula is C54H103NO5. The molecular weight excluding hydrogens is 743 g/mol. The number of hydrogen-bond acceptors (Lipinski definition) is 5. The van der Waals surface area contributed by atoms with Crippen molar-refractivity contribution < 1.29 is 24.5 Å². The highest BCUT2D eigenvalue weighted by atomic mass is 16.5. The van der Waals surface area contributed by atoms with Gasteiger partial charge in [0, 0.05) is 12.8 Å². The Hall–Kier alpha value is -1.66. The van der Waals surface area contributed by atoms with Crippen LogP contribution in [0.2, 0.25) is 0 Å². The molecule has 0 bridgehead atoms. The lowest BCUT2D eigenvalue weighted by Gasteiger charge is -2.19. The van der Waals surface area contributed by atoms with Gasteiger partial charge in [0.25, 0.3) is 0 Å². The quantitative estimate of drug-likeness (QED) is 0.0322. The van der Waals surface area contributed by atoms with Gasteiger partial charge in [0.2, 0.25) is 5.91 Å². The lowest BCUT2D eigenvalue weighted by atomic mass is 10.0. The monoisotopic (exact) mass is 846 g/mol. The average Bonchev–Trinajstić information content (AvgIpc) is 3.25. The second kappa shape index (κ2) is 50.0. The number of aliphatic hydroxyl groups is 2. The number of allylic oxidation sites excluding steroid dienone is 3. The van der Waals surface area contributed by atoms with Gasteiger partial charge < -0.3 is 20.3 Å². The Morgan fingerprint density at radius 2 is 0.783 bits per heavy atom. The van der Waals surface area contributed by atoms with Gasteiger partial charge in [-0.1, -0.05) is 237 Å². The van der Waals surface area contributed by atoms with E-state index in [2.05, 4.69) is 31.3 Å².